The smallest absolute Gasteiger partial charge is 0.263 e. The van der Waals surface area contributed by atoms with Crippen molar-refractivity contribution in [2.75, 3.05) is 30.9 Å². The molecule has 0 unspecified atom stereocenters. The van der Waals surface area contributed by atoms with Gasteiger partial charge in [0.25, 0.3) is 15.9 Å². The molecular formula is C22H25Cl2N3O3S. The van der Waals surface area contributed by atoms with Crippen molar-refractivity contribution in [3.8, 4) is 0 Å². The zero-order valence-electron chi connectivity index (χ0n) is 17.1. The largest absolute Gasteiger partial charge is 0.336 e. The Morgan fingerprint density at radius 1 is 0.968 bits per heavy atom. The number of hydrogen-bond donors (Lipinski definition) is 1. The fraction of sp³-hybridized carbons (Fsp3) is 0.409. The molecule has 2 aliphatic rings. The summed E-state index contributed by atoms with van der Waals surface area (Å²) in [5.74, 6) is -0.0899. The van der Waals surface area contributed by atoms with Gasteiger partial charge in [0.2, 0.25) is 0 Å². The number of sulfonamides is 1. The molecular weight excluding hydrogens is 457 g/mol. The minimum absolute atomic E-state index is 0.0734. The molecule has 0 spiro atoms. The molecule has 6 nitrogen and oxygen atoms in total. The highest BCUT2D eigenvalue weighted by Gasteiger charge is 2.28. The highest BCUT2D eigenvalue weighted by molar-refractivity contribution is 7.92. The van der Waals surface area contributed by atoms with Gasteiger partial charge < -0.3 is 4.90 Å². The number of carbonyl (C=O) groups is 1. The van der Waals surface area contributed by atoms with E-state index >= 15 is 0 Å². The van der Waals surface area contributed by atoms with Gasteiger partial charge in [-0.05, 0) is 49.2 Å². The third-order valence-electron chi connectivity index (χ3n) is 5.99. The minimum Gasteiger partial charge on any atom is -0.336 e. The Labute approximate surface area is 193 Å². The van der Waals surface area contributed by atoms with Crippen LogP contribution in [0.5, 0.6) is 0 Å². The van der Waals surface area contributed by atoms with Gasteiger partial charge in [0.15, 0.2) is 0 Å². The number of halogens is 2. The van der Waals surface area contributed by atoms with Crippen LogP contribution in [-0.2, 0) is 10.0 Å². The van der Waals surface area contributed by atoms with E-state index in [4.69, 9.17) is 23.2 Å². The van der Waals surface area contributed by atoms with Gasteiger partial charge in [-0.1, -0.05) is 42.1 Å². The molecule has 1 saturated heterocycles. The predicted octanol–water partition coefficient (Wildman–Crippen LogP) is 4.49. The average molecular weight is 482 g/mol. The van der Waals surface area contributed by atoms with E-state index in [0.717, 1.165) is 13.1 Å². The quantitative estimate of drug-likeness (QED) is 0.682. The maximum atomic E-state index is 13.0. The van der Waals surface area contributed by atoms with Crippen molar-refractivity contribution >= 4 is 44.8 Å². The molecule has 1 aliphatic carbocycles. The fourth-order valence-corrected chi connectivity index (χ4v) is 6.16. The van der Waals surface area contributed by atoms with E-state index in [1.807, 2.05) is 4.90 Å². The summed E-state index contributed by atoms with van der Waals surface area (Å²) < 4.78 is 28.0. The van der Waals surface area contributed by atoms with Crippen LogP contribution in [0.15, 0.2) is 47.4 Å². The molecule has 2 aromatic rings. The summed E-state index contributed by atoms with van der Waals surface area (Å²) in [6, 6.07) is 11.4. The first-order valence-electron chi connectivity index (χ1n) is 10.4. The van der Waals surface area contributed by atoms with Gasteiger partial charge in [-0.3, -0.25) is 14.4 Å². The van der Waals surface area contributed by atoms with Gasteiger partial charge in [-0.2, -0.15) is 0 Å². The third kappa shape index (κ3) is 5.17. The van der Waals surface area contributed by atoms with Gasteiger partial charge >= 0.3 is 0 Å². The molecule has 4 rings (SSSR count). The van der Waals surface area contributed by atoms with Gasteiger partial charge in [-0.25, -0.2) is 8.42 Å². The predicted molar refractivity (Wildman–Crippen MR) is 123 cm³/mol. The van der Waals surface area contributed by atoms with Crippen LogP contribution in [0.3, 0.4) is 0 Å². The molecule has 1 amide bonds. The van der Waals surface area contributed by atoms with E-state index in [-0.39, 0.29) is 20.8 Å². The second-order valence-corrected chi connectivity index (χ2v) is 10.5. The number of carbonyl (C=O) groups excluding carboxylic acids is 1. The topological polar surface area (TPSA) is 69.7 Å². The van der Waals surface area contributed by atoms with E-state index < -0.39 is 10.0 Å². The molecule has 166 valence electrons. The Hall–Kier alpha value is -1.80. The summed E-state index contributed by atoms with van der Waals surface area (Å²) in [4.78, 5) is 17.2. The third-order valence-corrected chi connectivity index (χ3v) is 8.09. The fourth-order valence-electron chi connectivity index (χ4n) is 4.35. The van der Waals surface area contributed by atoms with Crippen LogP contribution in [0, 0.1) is 0 Å². The van der Waals surface area contributed by atoms with E-state index in [1.165, 1.54) is 43.9 Å². The lowest BCUT2D eigenvalue weighted by Gasteiger charge is -2.38. The molecule has 9 heteroatoms. The molecule has 0 bridgehead atoms. The zero-order chi connectivity index (χ0) is 22.0. The van der Waals surface area contributed by atoms with Crippen molar-refractivity contribution in [3.63, 3.8) is 0 Å². The number of piperazine rings is 1. The molecule has 2 aromatic carbocycles. The molecule has 0 aromatic heterocycles. The summed E-state index contributed by atoms with van der Waals surface area (Å²) >= 11 is 12.0. The first kappa shape index (κ1) is 22.4. The van der Waals surface area contributed by atoms with Crippen LogP contribution in [0.4, 0.5) is 5.69 Å². The summed E-state index contributed by atoms with van der Waals surface area (Å²) in [5, 5.41) is 0.342. The summed E-state index contributed by atoms with van der Waals surface area (Å²) in [6.45, 7) is 3.14. The van der Waals surface area contributed by atoms with Crippen molar-refractivity contribution < 1.29 is 13.2 Å². The van der Waals surface area contributed by atoms with Crippen LogP contribution in [-0.4, -0.2) is 56.3 Å². The monoisotopic (exact) mass is 481 g/mol. The molecule has 0 atom stereocenters. The summed E-state index contributed by atoms with van der Waals surface area (Å²) in [6.07, 6.45) is 5.11. The first-order chi connectivity index (χ1) is 14.8. The number of rotatable bonds is 5. The highest BCUT2D eigenvalue weighted by atomic mass is 35.5. The summed E-state index contributed by atoms with van der Waals surface area (Å²) in [5.41, 5.74) is 0.748. The molecule has 0 radical (unpaired) electrons. The Bertz CT molecular complexity index is 1060. The number of anilines is 1. The highest BCUT2D eigenvalue weighted by Crippen LogP contribution is 2.28. The molecule has 31 heavy (non-hydrogen) atoms. The number of amides is 1. The van der Waals surface area contributed by atoms with Gasteiger partial charge in [-0.15, -0.1) is 0 Å². The molecule has 1 aliphatic heterocycles. The normalized spacial score (nSPS) is 18.3. The minimum atomic E-state index is -3.95. The average Bonchev–Trinajstić information content (AvgIpc) is 3.30. The van der Waals surface area contributed by atoms with Crippen LogP contribution < -0.4 is 4.72 Å². The van der Waals surface area contributed by atoms with E-state index in [2.05, 4.69) is 9.62 Å². The van der Waals surface area contributed by atoms with Crippen LogP contribution in [0.1, 0.15) is 36.0 Å². The Kier molecular flexibility index (Phi) is 6.77. The number of nitrogens with one attached hydrogen (secondary N) is 1. The molecule has 1 N–H and O–H groups in total. The van der Waals surface area contributed by atoms with Crippen LogP contribution >= 0.6 is 23.2 Å². The van der Waals surface area contributed by atoms with Crippen molar-refractivity contribution in [2.24, 2.45) is 0 Å². The SMILES string of the molecule is O=C(c1cccc(NS(=O)(=O)c2cc(Cl)ccc2Cl)c1)N1CCN(C2CCCC2)CC1. The standard InChI is InChI=1S/C22H25Cl2N3O3S/c23-17-8-9-20(24)21(15-17)31(29,30)25-18-5-3-4-16(14-18)22(28)27-12-10-26(11-13-27)19-6-1-2-7-19/h3-5,8-9,14-15,19,25H,1-2,6-7,10-13H2. The molecule has 1 heterocycles. The second-order valence-electron chi connectivity index (χ2n) is 8.03. The lowest BCUT2D eigenvalue weighted by atomic mass is 10.1. The molecule has 2 fully saturated rings. The number of nitrogens with zero attached hydrogens (tertiary/aromatic N) is 2. The lowest BCUT2D eigenvalue weighted by Crippen LogP contribution is -2.51. The van der Waals surface area contributed by atoms with E-state index in [0.29, 0.717) is 30.4 Å². The zero-order valence-corrected chi connectivity index (χ0v) is 19.4. The van der Waals surface area contributed by atoms with Crippen molar-refractivity contribution in [1.82, 2.24) is 9.80 Å². The number of hydrogen-bond acceptors (Lipinski definition) is 4. The number of benzene rings is 2. The molecule has 1 saturated carbocycles. The maximum absolute atomic E-state index is 13.0. The Morgan fingerprint density at radius 2 is 1.68 bits per heavy atom. The van der Waals surface area contributed by atoms with Crippen molar-refractivity contribution in [3.05, 3.63) is 58.1 Å². The Balaban J connectivity index is 1.44. The van der Waals surface area contributed by atoms with Gasteiger partial charge in [0.05, 0.1) is 5.02 Å². The van der Waals surface area contributed by atoms with Crippen LogP contribution in [0.2, 0.25) is 10.0 Å². The van der Waals surface area contributed by atoms with E-state index in [9.17, 15) is 13.2 Å². The lowest BCUT2D eigenvalue weighted by molar-refractivity contribution is 0.0573. The second kappa shape index (κ2) is 9.36. The van der Waals surface area contributed by atoms with Gasteiger partial charge in [0.1, 0.15) is 4.90 Å². The van der Waals surface area contributed by atoms with Crippen molar-refractivity contribution in [2.45, 2.75) is 36.6 Å². The maximum Gasteiger partial charge on any atom is 0.263 e. The van der Waals surface area contributed by atoms with E-state index in [1.54, 1.807) is 24.3 Å². The first-order valence-corrected chi connectivity index (χ1v) is 12.7. The Morgan fingerprint density at radius 3 is 2.39 bits per heavy atom. The van der Waals surface area contributed by atoms with Crippen molar-refractivity contribution in [1.29, 1.82) is 0 Å². The van der Waals surface area contributed by atoms with Gasteiger partial charge in [0, 0.05) is 48.5 Å². The summed E-state index contributed by atoms with van der Waals surface area (Å²) in [7, 11) is -3.95. The van der Waals surface area contributed by atoms with Crippen LogP contribution in [0.25, 0.3) is 0 Å².